The normalized spacial score (nSPS) is 12.4. The Morgan fingerprint density at radius 2 is 2.00 bits per heavy atom. The Labute approximate surface area is 133 Å². The van der Waals surface area contributed by atoms with E-state index < -0.39 is 0 Å². The second-order valence-electron chi connectivity index (χ2n) is 4.74. The molecule has 112 valence electrons. The number of rotatable bonds is 5. The Morgan fingerprint density at radius 1 is 1.24 bits per heavy atom. The molecule has 2 N–H and O–H groups in total. The van der Waals surface area contributed by atoms with Crippen LogP contribution in [0, 0.1) is 0 Å². The van der Waals surface area contributed by atoms with Crippen molar-refractivity contribution in [1.82, 2.24) is 15.0 Å². The van der Waals surface area contributed by atoms with E-state index in [4.69, 9.17) is 22.1 Å². The van der Waals surface area contributed by atoms with Crippen LogP contribution in [0.2, 0.25) is 5.15 Å². The van der Waals surface area contributed by atoms with Gasteiger partial charge in [0, 0.05) is 18.3 Å². The average molecular weight is 325 g/mol. The standard InChI is InChI=1S/C14H17ClN4OS/c1-8(2)20-10-4-5-17-11(6-10)9(3)21-14-18-12(15)7-13(16)19-14/h4-9H,1-3H3,(H2,16,18,19). The Balaban J connectivity index is 2.14. The van der Waals surface area contributed by atoms with Crippen LogP contribution in [0.3, 0.4) is 0 Å². The largest absolute Gasteiger partial charge is 0.491 e. The van der Waals surface area contributed by atoms with Gasteiger partial charge in [0.15, 0.2) is 5.16 Å². The van der Waals surface area contributed by atoms with Crippen LogP contribution in [0.5, 0.6) is 5.75 Å². The van der Waals surface area contributed by atoms with Crippen molar-refractivity contribution in [2.24, 2.45) is 0 Å². The summed E-state index contributed by atoms with van der Waals surface area (Å²) >= 11 is 7.33. The van der Waals surface area contributed by atoms with Crippen molar-refractivity contribution in [2.75, 3.05) is 5.73 Å². The highest BCUT2D eigenvalue weighted by Crippen LogP contribution is 2.33. The number of thioether (sulfide) groups is 1. The summed E-state index contributed by atoms with van der Waals surface area (Å²) in [6.07, 6.45) is 1.86. The number of hydrogen-bond donors (Lipinski definition) is 1. The molecule has 0 bridgehead atoms. The summed E-state index contributed by atoms with van der Waals surface area (Å²) in [5.74, 6) is 1.16. The van der Waals surface area contributed by atoms with Crippen LogP contribution in [0.1, 0.15) is 31.7 Å². The maximum atomic E-state index is 5.88. The highest BCUT2D eigenvalue weighted by molar-refractivity contribution is 7.99. The lowest BCUT2D eigenvalue weighted by Gasteiger charge is -2.13. The smallest absolute Gasteiger partial charge is 0.191 e. The van der Waals surface area contributed by atoms with Crippen LogP contribution < -0.4 is 10.5 Å². The zero-order chi connectivity index (χ0) is 15.4. The highest BCUT2D eigenvalue weighted by Gasteiger charge is 2.13. The topological polar surface area (TPSA) is 73.9 Å². The van der Waals surface area contributed by atoms with Crippen molar-refractivity contribution >= 4 is 29.2 Å². The van der Waals surface area contributed by atoms with Crippen LogP contribution >= 0.6 is 23.4 Å². The van der Waals surface area contributed by atoms with Crippen LogP contribution in [-0.2, 0) is 0 Å². The van der Waals surface area contributed by atoms with Gasteiger partial charge in [0.2, 0.25) is 0 Å². The number of nitrogen functional groups attached to an aromatic ring is 1. The molecular weight excluding hydrogens is 308 g/mol. The van der Waals surface area contributed by atoms with Gasteiger partial charge in [0.05, 0.1) is 17.0 Å². The summed E-state index contributed by atoms with van der Waals surface area (Å²) in [7, 11) is 0. The van der Waals surface area contributed by atoms with Gasteiger partial charge < -0.3 is 10.5 Å². The number of halogens is 1. The first-order valence-corrected chi connectivity index (χ1v) is 7.79. The molecule has 1 atom stereocenters. The molecule has 2 aromatic heterocycles. The predicted molar refractivity (Wildman–Crippen MR) is 85.7 cm³/mol. The third kappa shape index (κ3) is 4.75. The molecule has 2 heterocycles. The molecule has 0 spiro atoms. The minimum Gasteiger partial charge on any atom is -0.491 e. The van der Waals surface area contributed by atoms with Crippen LogP contribution in [0.25, 0.3) is 0 Å². The fourth-order valence-electron chi connectivity index (χ4n) is 1.68. The van der Waals surface area contributed by atoms with Gasteiger partial charge in [0.25, 0.3) is 0 Å². The molecular formula is C14H17ClN4OS. The fraction of sp³-hybridized carbons (Fsp3) is 0.357. The number of nitrogens with two attached hydrogens (primary N) is 1. The molecule has 0 saturated carbocycles. The van der Waals surface area contributed by atoms with Gasteiger partial charge in [-0.25, -0.2) is 9.97 Å². The predicted octanol–water partition coefficient (Wildman–Crippen LogP) is 3.75. The fourth-order valence-corrected chi connectivity index (χ4v) is 2.80. The Hall–Kier alpha value is -1.53. The van der Waals surface area contributed by atoms with Gasteiger partial charge in [-0.05, 0) is 26.8 Å². The molecule has 0 aliphatic rings. The van der Waals surface area contributed by atoms with Crippen LogP contribution in [-0.4, -0.2) is 21.1 Å². The molecule has 0 amide bonds. The molecule has 0 radical (unpaired) electrons. The van der Waals surface area contributed by atoms with E-state index in [1.807, 2.05) is 32.9 Å². The molecule has 1 unspecified atom stereocenters. The van der Waals surface area contributed by atoms with Crippen molar-refractivity contribution in [1.29, 1.82) is 0 Å². The van der Waals surface area contributed by atoms with Gasteiger partial charge in [-0.2, -0.15) is 0 Å². The van der Waals surface area contributed by atoms with E-state index in [0.717, 1.165) is 11.4 Å². The molecule has 0 aliphatic carbocycles. The quantitative estimate of drug-likeness (QED) is 0.513. The van der Waals surface area contributed by atoms with Crippen molar-refractivity contribution in [3.05, 3.63) is 35.2 Å². The first kappa shape index (κ1) is 15.9. The number of anilines is 1. The first-order valence-electron chi connectivity index (χ1n) is 6.53. The molecule has 0 aromatic carbocycles. The molecule has 0 fully saturated rings. The maximum absolute atomic E-state index is 5.88. The monoisotopic (exact) mass is 324 g/mol. The molecule has 5 nitrogen and oxygen atoms in total. The first-order chi connectivity index (χ1) is 9.94. The minimum absolute atomic E-state index is 0.0542. The number of nitrogens with zero attached hydrogens (tertiary/aromatic N) is 3. The van der Waals surface area contributed by atoms with E-state index in [1.54, 1.807) is 6.20 Å². The second-order valence-corrected chi connectivity index (χ2v) is 6.44. The van der Waals surface area contributed by atoms with Gasteiger partial charge >= 0.3 is 0 Å². The van der Waals surface area contributed by atoms with Gasteiger partial charge in [-0.1, -0.05) is 23.4 Å². The summed E-state index contributed by atoms with van der Waals surface area (Å²) in [4.78, 5) is 12.7. The summed E-state index contributed by atoms with van der Waals surface area (Å²) in [5, 5.41) is 0.921. The molecule has 2 aromatic rings. The van der Waals surface area contributed by atoms with E-state index in [0.29, 0.717) is 16.1 Å². The average Bonchev–Trinajstić information content (AvgIpc) is 2.36. The van der Waals surface area contributed by atoms with E-state index in [9.17, 15) is 0 Å². The van der Waals surface area contributed by atoms with Crippen molar-refractivity contribution in [2.45, 2.75) is 37.3 Å². The lowest BCUT2D eigenvalue weighted by Crippen LogP contribution is -2.06. The van der Waals surface area contributed by atoms with Gasteiger partial charge in [-0.3, -0.25) is 4.98 Å². The SMILES string of the molecule is CC(C)Oc1ccnc(C(C)Sc2nc(N)cc(Cl)n2)c1. The Kier molecular flexibility index (Phi) is 5.25. The molecule has 0 saturated heterocycles. The maximum Gasteiger partial charge on any atom is 0.191 e. The second kappa shape index (κ2) is 6.95. The lowest BCUT2D eigenvalue weighted by molar-refractivity contribution is 0.242. The van der Waals surface area contributed by atoms with E-state index in [-0.39, 0.29) is 11.4 Å². The summed E-state index contributed by atoms with van der Waals surface area (Å²) in [6, 6.07) is 5.28. The van der Waals surface area contributed by atoms with E-state index >= 15 is 0 Å². The van der Waals surface area contributed by atoms with Crippen molar-refractivity contribution in [3.63, 3.8) is 0 Å². The highest BCUT2D eigenvalue weighted by atomic mass is 35.5. The number of aromatic nitrogens is 3. The molecule has 0 aliphatic heterocycles. The van der Waals surface area contributed by atoms with Gasteiger partial charge in [-0.15, -0.1) is 0 Å². The third-order valence-electron chi connectivity index (χ3n) is 2.52. The van der Waals surface area contributed by atoms with E-state index in [2.05, 4.69) is 15.0 Å². The third-order valence-corrected chi connectivity index (χ3v) is 3.70. The number of ether oxygens (including phenoxy) is 1. The number of pyridine rings is 1. The number of hydrogen-bond acceptors (Lipinski definition) is 6. The Bertz CT molecular complexity index is 603. The summed E-state index contributed by atoms with van der Waals surface area (Å²) < 4.78 is 5.67. The Morgan fingerprint density at radius 3 is 2.67 bits per heavy atom. The molecule has 21 heavy (non-hydrogen) atoms. The van der Waals surface area contributed by atoms with Crippen LogP contribution in [0.15, 0.2) is 29.6 Å². The van der Waals surface area contributed by atoms with Gasteiger partial charge in [0.1, 0.15) is 16.7 Å². The zero-order valence-corrected chi connectivity index (χ0v) is 13.6. The molecule has 7 heteroatoms. The summed E-state index contributed by atoms with van der Waals surface area (Å²) in [5.41, 5.74) is 6.56. The van der Waals surface area contributed by atoms with Crippen LogP contribution in [0.4, 0.5) is 5.82 Å². The minimum atomic E-state index is 0.0542. The molecule has 2 rings (SSSR count). The van der Waals surface area contributed by atoms with Crippen molar-refractivity contribution < 1.29 is 4.74 Å². The summed E-state index contributed by atoms with van der Waals surface area (Å²) in [6.45, 7) is 5.99. The zero-order valence-electron chi connectivity index (χ0n) is 12.1. The van der Waals surface area contributed by atoms with Crippen molar-refractivity contribution in [3.8, 4) is 5.75 Å². The lowest BCUT2D eigenvalue weighted by atomic mass is 10.3. The van der Waals surface area contributed by atoms with E-state index in [1.165, 1.54) is 17.8 Å².